The Bertz CT molecular complexity index is 301. The first-order chi connectivity index (χ1) is 5.15. The lowest BCUT2D eigenvalue weighted by Gasteiger charge is -1.87. The Morgan fingerprint density at radius 2 is 2.27 bits per heavy atom. The van der Waals surface area contributed by atoms with Crippen LogP contribution in [-0.4, -0.2) is 10.8 Å². The van der Waals surface area contributed by atoms with Crippen LogP contribution in [0.15, 0.2) is 12.7 Å². The number of nitrogens with zero attached hydrogens (tertiary/aromatic N) is 1. The van der Waals surface area contributed by atoms with Crippen LogP contribution in [0.5, 0.6) is 0 Å². The number of thiazole rings is 1. The molecule has 0 saturated heterocycles. The summed E-state index contributed by atoms with van der Waals surface area (Å²) in [6.45, 7) is 7.14. The van der Waals surface area contributed by atoms with Crippen molar-refractivity contribution < 1.29 is 4.79 Å². The maximum Gasteiger partial charge on any atom is 0.197 e. The van der Waals surface area contributed by atoms with Crippen molar-refractivity contribution in [3.63, 3.8) is 0 Å². The normalized spacial score (nSPS) is 9.64. The van der Waals surface area contributed by atoms with Gasteiger partial charge < -0.3 is 0 Å². The van der Waals surface area contributed by atoms with E-state index in [-0.39, 0.29) is 5.78 Å². The third-order valence-corrected chi connectivity index (χ3v) is 2.40. The maximum absolute atomic E-state index is 11.1. The molecule has 0 N–H and O–H groups in total. The van der Waals surface area contributed by atoms with Crippen molar-refractivity contribution in [3.8, 4) is 0 Å². The van der Waals surface area contributed by atoms with Crippen molar-refractivity contribution in [1.82, 2.24) is 4.98 Å². The van der Waals surface area contributed by atoms with E-state index in [1.807, 2.05) is 13.8 Å². The van der Waals surface area contributed by atoms with E-state index in [1.165, 1.54) is 17.4 Å². The molecule has 0 saturated carbocycles. The van der Waals surface area contributed by atoms with E-state index in [0.717, 1.165) is 10.7 Å². The Kier molecular flexibility index (Phi) is 2.19. The molecule has 58 valence electrons. The molecule has 1 heterocycles. The van der Waals surface area contributed by atoms with Gasteiger partial charge in [0, 0.05) is 0 Å². The highest BCUT2D eigenvalue weighted by atomic mass is 32.1. The summed E-state index contributed by atoms with van der Waals surface area (Å²) in [6.07, 6.45) is 1.32. The lowest BCUT2D eigenvalue weighted by Crippen LogP contribution is -1.91. The molecule has 0 fully saturated rings. The zero-order valence-corrected chi connectivity index (χ0v) is 7.36. The van der Waals surface area contributed by atoms with Crippen LogP contribution in [0.3, 0.4) is 0 Å². The van der Waals surface area contributed by atoms with Crippen LogP contribution in [0.4, 0.5) is 0 Å². The molecular formula is C8H9NOS. The van der Waals surface area contributed by atoms with Crippen molar-refractivity contribution in [2.75, 3.05) is 0 Å². The van der Waals surface area contributed by atoms with E-state index >= 15 is 0 Å². The van der Waals surface area contributed by atoms with Gasteiger partial charge in [0.1, 0.15) is 0 Å². The summed E-state index contributed by atoms with van der Waals surface area (Å²) in [4.78, 5) is 15.9. The summed E-state index contributed by atoms with van der Waals surface area (Å²) in [5, 5.41) is 0.924. The molecule has 0 radical (unpaired) electrons. The third-order valence-electron chi connectivity index (χ3n) is 1.31. The molecule has 0 aliphatic carbocycles. The monoisotopic (exact) mass is 167 g/mol. The van der Waals surface area contributed by atoms with E-state index in [2.05, 4.69) is 11.6 Å². The standard InChI is InChI=1S/C8H9NOS/c1-4-7(10)8-5(2)9-6(3)11-8/h4H,1H2,2-3H3. The zero-order chi connectivity index (χ0) is 8.43. The number of rotatable bonds is 2. The Balaban J connectivity index is 3.12. The number of hydrogen-bond donors (Lipinski definition) is 0. The lowest BCUT2D eigenvalue weighted by atomic mass is 10.3. The van der Waals surface area contributed by atoms with E-state index < -0.39 is 0 Å². The van der Waals surface area contributed by atoms with Gasteiger partial charge in [0.05, 0.1) is 15.6 Å². The molecule has 0 aromatic carbocycles. The minimum atomic E-state index is -0.0342. The lowest BCUT2D eigenvalue weighted by molar-refractivity contribution is 0.105. The van der Waals surface area contributed by atoms with Gasteiger partial charge in [0.15, 0.2) is 5.78 Å². The fraction of sp³-hybridized carbons (Fsp3) is 0.250. The Labute approximate surface area is 69.6 Å². The van der Waals surface area contributed by atoms with Gasteiger partial charge in [-0.2, -0.15) is 0 Å². The Hall–Kier alpha value is -0.960. The molecule has 11 heavy (non-hydrogen) atoms. The van der Waals surface area contributed by atoms with Crippen LogP contribution in [0.2, 0.25) is 0 Å². The van der Waals surface area contributed by atoms with Gasteiger partial charge in [0.25, 0.3) is 0 Å². The van der Waals surface area contributed by atoms with Crippen LogP contribution in [0.1, 0.15) is 20.4 Å². The molecule has 1 rings (SSSR count). The zero-order valence-electron chi connectivity index (χ0n) is 6.55. The number of ketones is 1. The van der Waals surface area contributed by atoms with Crippen molar-refractivity contribution in [2.45, 2.75) is 13.8 Å². The van der Waals surface area contributed by atoms with Gasteiger partial charge in [-0.25, -0.2) is 4.98 Å². The predicted octanol–water partition coefficient (Wildman–Crippen LogP) is 2.13. The quantitative estimate of drug-likeness (QED) is 0.499. The molecule has 1 aromatic heterocycles. The van der Waals surface area contributed by atoms with Gasteiger partial charge in [-0.1, -0.05) is 6.58 Å². The average Bonchev–Trinajstić information content (AvgIpc) is 2.28. The number of allylic oxidation sites excluding steroid dienone is 1. The molecule has 0 aliphatic rings. The first kappa shape index (κ1) is 8.14. The van der Waals surface area contributed by atoms with Gasteiger partial charge in [0.2, 0.25) is 0 Å². The van der Waals surface area contributed by atoms with Gasteiger partial charge in [-0.15, -0.1) is 11.3 Å². The van der Waals surface area contributed by atoms with Crippen LogP contribution in [0, 0.1) is 13.8 Å². The number of aryl methyl sites for hydroxylation is 2. The summed E-state index contributed by atoms with van der Waals surface area (Å²) >= 11 is 1.42. The maximum atomic E-state index is 11.1. The van der Waals surface area contributed by atoms with Crippen molar-refractivity contribution in [1.29, 1.82) is 0 Å². The topological polar surface area (TPSA) is 30.0 Å². The summed E-state index contributed by atoms with van der Waals surface area (Å²) in [5.41, 5.74) is 0.803. The van der Waals surface area contributed by atoms with Crippen molar-refractivity contribution in [3.05, 3.63) is 28.2 Å². The number of aromatic nitrogens is 1. The molecule has 1 aromatic rings. The molecule has 0 spiro atoms. The van der Waals surface area contributed by atoms with Crippen molar-refractivity contribution >= 4 is 17.1 Å². The highest BCUT2D eigenvalue weighted by Gasteiger charge is 2.09. The Morgan fingerprint density at radius 1 is 1.64 bits per heavy atom. The summed E-state index contributed by atoms with van der Waals surface area (Å²) in [6, 6.07) is 0. The van der Waals surface area contributed by atoms with Crippen LogP contribution >= 0.6 is 11.3 Å². The molecule has 0 unspecified atom stereocenters. The number of carbonyl (C=O) groups excluding carboxylic acids is 1. The first-order valence-electron chi connectivity index (χ1n) is 3.26. The minimum absolute atomic E-state index is 0.0342. The largest absolute Gasteiger partial charge is 0.288 e. The summed E-state index contributed by atoms with van der Waals surface area (Å²) in [7, 11) is 0. The third kappa shape index (κ3) is 1.54. The first-order valence-corrected chi connectivity index (χ1v) is 4.07. The molecule has 0 aliphatic heterocycles. The minimum Gasteiger partial charge on any atom is -0.288 e. The van der Waals surface area contributed by atoms with Crippen molar-refractivity contribution in [2.24, 2.45) is 0 Å². The SMILES string of the molecule is C=CC(=O)c1sc(C)nc1C. The molecule has 0 atom stereocenters. The van der Waals surface area contributed by atoms with Gasteiger partial charge >= 0.3 is 0 Å². The van der Waals surface area contributed by atoms with E-state index in [4.69, 9.17) is 0 Å². The molecule has 2 nitrogen and oxygen atoms in total. The second-order valence-corrected chi connectivity index (χ2v) is 3.42. The second-order valence-electron chi connectivity index (χ2n) is 2.22. The smallest absolute Gasteiger partial charge is 0.197 e. The van der Waals surface area contributed by atoms with E-state index in [0.29, 0.717) is 4.88 Å². The highest BCUT2D eigenvalue weighted by molar-refractivity contribution is 7.13. The highest BCUT2D eigenvalue weighted by Crippen LogP contribution is 2.17. The van der Waals surface area contributed by atoms with Crippen LogP contribution in [0.25, 0.3) is 0 Å². The van der Waals surface area contributed by atoms with E-state index in [1.54, 1.807) is 0 Å². The molecule has 0 amide bonds. The fourth-order valence-corrected chi connectivity index (χ4v) is 1.71. The predicted molar refractivity (Wildman–Crippen MR) is 46.1 cm³/mol. The van der Waals surface area contributed by atoms with Gasteiger partial charge in [-0.05, 0) is 19.9 Å². The second kappa shape index (κ2) is 2.96. The van der Waals surface area contributed by atoms with Gasteiger partial charge in [-0.3, -0.25) is 4.79 Å². The summed E-state index contributed by atoms with van der Waals surface area (Å²) < 4.78 is 0. The van der Waals surface area contributed by atoms with E-state index in [9.17, 15) is 4.79 Å². The molecular weight excluding hydrogens is 158 g/mol. The Morgan fingerprint density at radius 3 is 2.64 bits per heavy atom. The van der Waals surface area contributed by atoms with Crippen LogP contribution in [-0.2, 0) is 0 Å². The average molecular weight is 167 g/mol. The van der Waals surface area contributed by atoms with Crippen LogP contribution < -0.4 is 0 Å². The fourth-order valence-electron chi connectivity index (χ4n) is 0.853. The number of hydrogen-bond acceptors (Lipinski definition) is 3. The number of carbonyl (C=O) groups is 1. The summed E-state index contributed by atoms with van der Waals surface area (Å²) in [5.74, 6) is -0.0342. The molecule has 3 heteroatoms. The molecule has 0 bridgehead atoms.